The third-order valence-electron chi connectivity index (χ3n) is 3.96. The van der Waals surface area contributed by atoms with Crippen LogP contribution in [0.15, 0.2) is 84.0 Å². The van der Waals surface area contributed by atoms with Crippen molar-refractivity contribution < 1.29 is 4.74 Å². The quantitative estimate of drug-likeness (QED) is 0.497. The van der Waals surface area contributed by atoms with E-state index >= 15 is 0 Å². The van der Waals surface area contributed by atoms with Gasteiger partial charge in [-0.2, -0.15) is 0 Å². The number of hydrogen-bond donors (Lipinski definition) is 2. The van der Waals surface area contributed by atoms with Crippen LogP contribution in [-0.2, 0) is 13.0 Å². The van der Waals surface area contributed by atoms with Crippen LogP contribution in [0.3, 0.4) is 0 Å². The van der Waals surface area contributed by atoms with E-state index in [1.807, 2.05) is 72.9 Å². The van der Waals surface area contributed by atoms with Crippen LogP contribution in [-0.4, -0.2) is 24.5 Å². The van der Waals surface area contributed by atoms with Gasteiger partial charge in [-0.3, -0.25) is 9.98 Å². The van der Waals surface area contributed by atoms with Crippen LogP contribution in [0, 0.1) is 0 Å². The molecule has 0 unspecified atom stereocenters. The molecule has 27 heavy (non-hydrogen) atoms. The number of aromatic nitrogens is 1. The number of benzene rings is 2. The molecule has 3 aromatic rings. The predicted octanol–water partition coefficient (Wildman–Crippen LogP) is 3.78. The fourth-order valence-corrected chi connectivity index (χ4v) is 2.60. The van der Waals surface area contributed by atoms with E-state index in [1.165, 1.54) is 0 Å². The zero-order valence-corrected chi connectivity index (χ0v) is 15.4. The Hall–Kier alpha value is -3.34. The average Bonchev–Trinajstić information content (AvgIpc) is 2.72. The van der Waals surface area contributed by atoms with Crippen LogP contribution in [0.1, 0.15) is 11.3 Å². The van der Waals surface area contributed by atoms with Gasteiger partial charge in [0.15, 0.2) is 5.96 Å². The average molecular weight is 360 g/mol. The van der Waals surface area contributed by atoms with Crippen molar-refractivity contribution in [1.82, 2.24) is 15.6 Å². The molecular formula is C22H24N4O. The van der Waals surface area contributed by atoms with E-state index in [2.05, 4.69) is 26.7 Å². The number of aliphatic imine (C=N–C) groups is 1. The standard InChI is InChI=1S/C22H24N4O/c1-23-22(25-15-13-19-9-5-6-14-24-19)26-17-18-8-7-12-21(16-18)27-20-10-3-2-4-11-20/h2-12,14,16H,13,15,17H2,1H3,(H2,23,25,26). The lowest BCUT2D eigenvalue weighted by molar-refractivity contribution is 0.482. The zero-order chi connectivity index (χ0) is 18.7. The molecule has 0 saturated heterocycles. The normalized spacial score (nSPS) is 11.1. The van der Waals surface area contributed by atoms with Crippen molar-refractivity contribution >= 4 is 5.96 Å². The Morgan fingerprint density at radius 3 is 2.52 bits per heavy atom. The lowest BCUT2D eigenvalue weighted by atomic mass is 10.2. The second-order valence-electron chi connectivity index (χ2n) is 5.99. The highest BCUT2D eigenvalue weighted by atomic mass is 16.5. The number of hydrogen-bond acceptors (Lipinski definition) is 3. The van der Waals surface area contributed by atoms with Gasteiger partial charge >= 0.3 is 0 Å². The maximum Gasteiger partial charge on any atom is 0.191 e. The predicted molar refractivity (Wildman–Crippen MR) is 109 cm³/mol. The second-order valence-corrected chi connectivity index (χ2v) is 5.99. The molecule has 3 rings (SSSR count). The molecule has 0 aliphatic carbocycles. The molecular weight excluding hydrogens is 336 g/mol. The number of nitrogens with one attached hydrogen (secondary N) is 2. The lowest BCUT2D eigenvalue weighted by Gasteiger charge is -2.12. The fraction of sp³-hybridized carbons (Fsp3) is 0.182. The van der Waals surface area contributed by atoms with E-state index in [0.29, 0.717) is 6.54 Å². The van der Waals surface area contributed by atoms with Gasteiger partial charge in [0.05, 0.1) is 0 Å². The van der Waals surface area contributed by atoms with Gasteiger partial charge in [0, 0.05) is 38.4 Å². The van der Waals surface area contributed by atoms with Gasteiger partial charge in [0.2, 0.25) is 0 Å². The van der Waals surface area contributed by atoms with E-state index in [9.17, 15) is 0 Å². The van der Waals surface area contributed by atoms with Gasteiger partial charge in [-0.15, -0.1) is 0 Å². The Bertz CT molecular complexity index is 850. The van der Waals surface area contributed by atoms with Crippen LogP contribution in [0.4, 0.5) is 0 Å². The molecule has 0 spiro atoms. The Morgan fingerprint density at radius 2 is 1.74 bits per heavy atom. The molecule has 0 radical (unpaired) electrons. The number of ether oxygens (including phenoxy) is 1. The molecule has 5 nitrogen and oxygen atoms in total. The largest absolute Gasteiger partial charge is 0.457 e. The van der Waals surface area contributed by atoms with Crippen molar-refractivity contribution in [3.63, 3.8) is 0 Å². The van der Waals surface area contributed by atoms with Gasteiger partial charge in [-0.05, 0) is 42.0 Å². The summed E-state index contributed by atoms with van der Waals surface area (Å²) >= 11 is 0. The van der Waals surface area contributed by atoms with Crippen molar-refractivity contribution in [1.29, 1.82) is 0 Å². The first-order valence-corrected chi connectivity index (χ1v) is 9.00. The van der Waals surface area contributed by atoms with Crippen molar-refractivity contribution in [2.75, 3.05) is 13.6 Å². The Labute approximate surface area is 160 Å². The number of pyridine rings is 1. The molecule has 2 N–H and O–H groups in total. The summed E-state index contributed by atoms with van der Waals surface area (Å²) in [5.41, 5.74) is 2.18. The highest BCUT2D eigenvalue weighted by Gasteiger charge is 2.02. The van der Waals surface area contributed by atoms with Crippen molar-refractivity contribution in [2.24, 2.45) is 4.99 Å². The third kappa shape index (κ3) is 6.15. The SMILES string of the molecule is CN=C(NCCc1ccccn1)NCc1cccc(Oc2ccccc2)c1. The summed E-state index contributed by atoms with van der Waals surface area (Å²) in [5, 5.41) is 6.64. The molecule has 0 fully saturated rings. The minimum absolute atomic E-state index is 0.662. The summed E-state index contributed by atoms with van der Waals surface area (Å²) in [6.45, 7) is 1.43. The summed E-state index contributed by atoms with van der Waals surface area (Å²) in [6.07, 6.45) is 2.66. The molecule has 1 aromatic heterocycles. The first kappa shape index (κ1) is 18.5. The molecule has 0 saturated carbocycles. The second kappa shape index (κ2) is 9.97. The monoisotopic (exact) mass is 360 g/mol. The van der Waals surface area contributed by atoms with Gasteiger partial charge in [-0.1, -0.05) is 36.4 Å². The molecule has 2 aromatic carbocycles. The van der Waals surface area contributed by atoms with Crippen molar-refractivity contribution in [3.05, 3.63) is 90.3 Å². The maximum absolute atomic E-state index is 5.89. The molecule has 138 valence electrons. The van der Waals surface area contributed by atoms with E-state index < -0.39 is 0 Å². The number of guanidine groups is 1. The fourth-order valence-electron chi connectivity index (χ4n) is 2.60. The third-order valence-corrected chi connectivity index (χ3v) is 3.96. The first-order chi connectivity index (χ1) is 13.3. The Morgan fingerprint density at radius 1 is 0.926 bits per heavy atom. The van der Waals surface area contributed by atoms with Crippen LogP contribution < -0.4 is 15.4 Å². The molecule has 0 bridgehead atoms. The van der Waals surface area contributed by atoms with E-state index in [-0.39, 0.29) is 0 Å². The minimum Gasteiger partial charge on any atom is -0.457 e. The summed E-state index contributed by atoms with van der Waals surface area (Å²) < 4.78 is 5.89. The van der Waals surface area contributed by atoms with E-state index in [1.54, 1.807) is 7.05 Å². The summed E-state index contributed by atoms with van der Waals surface area (Å²) in [6, 6.07) is 23.8. The highest BCUT2D eigenvalue weighted by Crippen LogP contribution is 2.21. The summed E-state index contributed by atoms with van der Waals surface area (Å²) in [4.78, 5) is 8.59. The van der Waals surface area contributed by atoms with E-state index in [0.717, 1.165) is 41.7 Å². The molecule has 1 heterocycles. The van der Waals surface area contributed by atoms with Crippen LogP contribution in [0.5, 0.6) is 11.5 Å². The minimum atomic E-state index is 0.662. The van der Waals surface area contributed by atoms with Gasteiger partial charge < -0.3 is 15.4 Å². The topological polar surface area (TPSA) is 58.5 Å². The smallest absolute Gasteiger partial charge is 0.191 e. The maximum atomic E-state index is 5.89. The summed E-state index contributed by atoms with van der Waals surface area (Å²) in [5.74, 6) is 2.41. The van der Waals surface area contributed by atoms with Crippen LogP contribution >= 0.6 is 0 Å². The Balaban J connectivity index is 1.48. The zero-order valence-electron chi connectivity index (χ0n) is 15.4. The first-order valence-electron chi connectivity index (χ1n) is 9.00. The van der Waals surface area contributed by atoms with Gasteiger partial charge in [0.25, 0.3) is 0 Å². The van der Waals surface area contributed by atoms with Gasteiger partial charge in [-0.25, -0.2) is 0 Å². The molecule has 5 heteroatoms. The molecule has 0 amide bonds. The highest BCUT2D eigenvalue weighted by molar-refractivity contribution is 5.79. The van der Waals surface area contributed by atoms with E-state index in [4.69, 9.17) is 4.74 Å². The summed E-state index contributed by atoms with van der Waals surface area (Å²) in [7, 11) is 1.77. The lowest BCUT2D eigenvalue weighted by Crippen LogP contribution is -2.37. The van der Waals surface area contributed by atoms with Crippen molar-refractivity contribution in [2.45, 2.75) is 13.0 Å². The van der Waals surface area contributed by atoms with Crippen LogP contribution in [0.25, 0.3) is 0 Å². The van der Waals surface area contributed by atoms with Crippen molar-refractivity contribution in [3.8, 4) is 11.5 Å². The molecule has 0 atom stereocenters. The molecule has 0 aliphatic rings. The Kier molecular flexibility index (Phi) is 6.81. The number of para-hydroxylation sites is 1. The molecule has 0 aliphatic heterocycles. The number of nitrogens with zero attached hydrogens (tertiary/aromatic N) is 2. The number of rotatable bonds is 7. The van der Waals surface area contributed by atoms with Gasteiger partial charge in [0.1, 0.15) is 11.5 Å². The van der Waals surface area contributed by atoms with Crippen LogP contribution in [0.2, 0.25) is 0 Å².